The summed E-state index contributed by atoms with van der Waals surface area (Å²) in [5, 5.41) is 26.1. The van der Waals surface area contributed by atoms with Crippen LogP contribution in [0.25, 0.3) is 0 Å². The summed E-state index contributed by atoms with van der Waals surface area (Å²) in [6.45, 7) is 8.36. The molecular formula is C13H25N3O4. The van der Waals surface area contributed by atoms with Crippen molar-refractivity contribution in [2.75, 3.05) is 6.54 Å². The van der Waals surface area contributed by atoms with Crippen molar-refractivity contribution in [3.63, 3.8) is 0 Å². The van der Waals surface area contributed by atoms with Crippen LogP contribution in [-0.4, -0.2) is 39.2 Å². The summed E-state index contributed by atoms with van der Waals surface area (Å²) in [4.78, 5) is 16.5. The van der Waals surface area contributed by atoms with Crippen LogP contribution in [0.5, 0.6) is 0 Å². The van der Waals surface area contributed by atoms with Gasteiger partial charge in [-0.25, -0.2) is 0 Å². The van der Waals surface area contributed by atoms with E-state index in [1.165, 1.54) is 0 Å². The smallest absolute Gasteiger partial charge is 0.306 e. The monoisotopic (exact) mass is 287 g/mol. The summed E-state index contributed by atoms with van der Waals surface area (Å²) in [5.74, 6) is -1.19. The quantitative estimate of drug-likeness (QED) is 0.461. The van der Waals surface area contributed by atoms with Crippen molar-refractivity contribution in [3.8, 4) is 0 Å². The molecule has 1 rings (SSSR count). The molecule has 1 aliphatic rings. The van der Waals surface area contributed by atoms with Gasteiger partial charge in [-0.3, -0.25) is 4.79 Å². The van der Waals surface area contributed by atoms with Crippen molar-refractivity contribution in [2.24, 2.45) is 11.2 Å². The molecule has 0 aromatic heterocycles. The maximum Gasteiger partial charge on any atom is 0.306 e. The van der Waals surface area contributed by atoms with Crippen LogP contribution in [0.2, 0.25) is 0 Å². The SMILES string of the molecule is CCCN(/[N+]([O-])=N\O[C@@H]1CC[C@H](C(=O)O)C1)C(C)(C)C. The lowest BCUT2D eigenvalue weighted by atomic mass is 10.1. The lowest BCUT2D eigenvalue weighted by Crippen LogP contribution is -2.46. The van der Waals surface area contributed by atoms with Crippen molar-refractivity contribution < 1.29 is 19.7 Å². The molecule has 0 aromatic rings. The predicted molar refractivity (Wildman–Crippen MR) is 72.7 cm³/mol. The second-order valence-corrected chi connectivity index (χ2v) is 6.20. The summed E-state index contributed by atoms with van der Waals surface area (Å²) in [5.41, 5.74) is -0.343. The fourth-order valence-corrected chi connectivity index (χ4v) is 2.30. The van der Waals surface area contributed by atoms with E-state index < -0.39 is 5.97 Å². The summed E-state index contributed by atoms with van der Waals surface area (Å²) in [7, 11) is 0. The highest BCUT2D eigenvalue weighted by atomic mass is 16.7. The van der Waals surface area contributed by atoms with Gasteiger partial charge in [0.1, 0.15) is 6.10 Å². The van der Waals surface area contributed by atoms with E-state index in [9.17, 15) is 10.0 Å². The van der Waals surface area contributed by atoms with Crippen LogP contribution >= 0.6 is 0 Å². The predicted octanol–water partition coefficient (Wildman–Crippen LogP) is 2.56. The Hall–Kier alpha value is -1.53. The Morgan fingerprint density at radius 1 is 1.50 bits per heavy atom. The standard InChI is InChI=1S/C13H25N3O4/c1-5-8-15(13(2,3)4)16(19)14-20-11-7-6-10(9-11)12(17)18/h10-11H,5-9H2,1-4H3,(H,17,18)/b16-14+/t10-,11+/m0/s1. The van der Waals surface area contributed by atoms with Gasteiger partial charge in [-0.15, -0.1) is 5.01 Å². The summed E-state index contributed by atoms with van der Waals surface area (Å²) >= 11 is 0. The molecule has 1 aliphatic carbocycles. The fourth-order valence-electron chi connectivity index (χ4n) is 2.30. The van der Waals surface area contributed by atoms with Crippen LogP contribution in [-0.2, 0) is 9.63 Å². The molecule has 0 aromatic carbocycles. The number of nitrogens with zero attached hydrogens (tertiary/aromatic N) is 3. The van der Waals surface area contributed by atoms with Gasteiger partial charge in [-0.2, -0.15) is 0 Å². The molecule has 7 heteroatoms. The number of hydrogen-bond acceptors (Lipinski definition) is 4. The Morgan fingerprint density at radius 3 is 2.60 bits per heavy atom. The van der Waals surface area contributed by atoms with Crippen molar-refractivity contribution in [1.29, 1.82) is 0 Å². The first-order valence-corrected chi connectivity index (χ1v) is 7.10. The van der Waals surface area contributed by atoms with Crippen LogP contribution in [0, 0.1) is 11.1 Å². The first kappa shape index (κ1) is 16.5. The topological polar surface area (TPSA) is 88.2 Å². The lowest BCUT2D eigenvalue weighted by molar-refractivity contribution is -0.726. The Morgan fingerprint density at radius 2 is 2.15 bits per heavy atom. The van der Waals surface area contributed by atoms with Gasteiger partial charge in [0.05, 0.1) is 23.0 Å². The maximum absolute atomic E-state index is 12.0. The molecule has 2 atom stereocenters. The third-order valence-corrected chi connectivity index (χ3v) is 3.42. The maximum atomic E-state index is 12.0. The minimum Gasteiger partial charge on any atom is -0.569 e. The summed E-state index contributed by atoms with van der Waals surface area (Å²) in [6.07, 6.45) is 2.16. The van der Waals surface area contributed by atoms with Gasteiger partial charge in [0.2, 0.25) is 5.28 Å². The van der Waals surface area contributed by atoms with Crippen LogP contribution in [0.1, 0.15) is 53.4 Å². The Labute approximate surface area is 119 Å². The number of rotatable bonds is 6. The third-order valence-electron chi connectivity index (χ3n) is 3.42. The molecule has 0 spiro atoms. The van der Waals surface area contributed by atoms with Crippen molar-refractivity contribution in [2.45, 2.75) is 65.0 Å². The highest BCUT2D eigenvalue weighted by molar-refractivity contribution is 5.70. The number of carboxylic acids is 1. The molecule has 0 heterocycles. The van der Waals surface area contributed by atoms with E-state index in [1.54, 1.807) is 5.01 Å². The van der Waals surface area contributed by atoms with Gasteiger partial charge >= 0.3 is 5.97 Å². The number of aliphatic carboxylic acids is 1. The van der Waals surface area contributed by atoms with Crippen LogP contribution in [0.4, 0.5) is 0 Å². The molecule has 0 unspecified atom stereocenters. The van der Waals surface area contributed by atoms with Crippen molar-refractivity contribution >= 4 is 5.97 Å². The van der Waals surface area contributed by atoms with Gasteiger partial charge in [0.25, 0.3) is 0 Å². The van der Waals surface area contributed by atoms with Crippen molar-refractivity contribution in [3.05, 3.63) is 5.21 Å². The minimum absolute atomic E-state index is 0.281. The first-order valence-electron chi connectivity index (χ1n) is 7.10. The normalized spacial score (nSPS) is 23.7. The van der Waals surface area contributed by atoms with E-state index in [0.717, 1.165) is 6.42 Å². The Balaban J connectivity index is 2.58. The molecule has 1 saturated carbocycles. The van der Waals surface area contributed by atoms with Gasteiger partial charge < -0.3 is 15.2 Å². The third kappa shape index (κ3) is 4.54. The largest absolute Gasteiger partial charge is 0.569 e. The second kappa shape index (κ2) is 6.76. The second-order valence-electron chi connectivity index (χ2n) is 6.20. The van der Waals surface area contributed by atoms with E-state index in [0.29, 0.717) is 30.8 Å². The number of carbonyl (C=O) groups is 1. The Kier molecular flexibility index (Phi) is 5.59. The van der Waals surface area contributed by atoms with E-state index >= 15 is 0 Å². The average Bonchev–Trinajstić information content (AvgIpc) is 2.80. The molecular weight excluding hydrogens is 262 g/mol. The minimum atomic E-state index is -0.808. The molecule has 7 nitrogen and oxygen atoms in total. The first-order chi connectivity index (χ1) is 9.25. The zero-order valence-electron chi connectivity index (χ0n) is 12.7. The molecule has 1 N–H and O–H groups in total. The van der Waals surface area contributed by atoms with Crippen LogP contribution < -0.4 is 0 Å². The number of carboxylic acid groups (broad SMARTS) is 1. The van der Waals surface area contributed by atoms with Crippen LogP contribution in [0.15, 0.2) is 5.28 Å². The Bertz CT molecular complexity index is 365. The molecule has 116 valence electrons. The summed E-state index contributed by atoms with van der Waals surface area (Å²) < 4.78 is 0. The summed E-state index contributed by atoms with van der Waals surface area (Å²) in [6, 6.07) is 0. The van der Waals surface area contributed by atoms with E-state index in [2.05, 4.69) is 5.28 Å². The highest BCUT2D eigenvalue weighted by Gasteiger charge is 2.33. The number of hydrazine groups is 1. The van der Waals surface area contributed by atoms with E-state index in [-0.39, 0.29) is 17.6 Å². The van der Waals surface area contributed by atoms with Gasteiger partial charge in [0.15, 0.2) is 0 Å². The van der Waals surface area contributed by atoms with E-state index in [1.807, 2.05) is 27.7 Å². The number of hydrogen-bond donors (Lipinski definition) is 1. The van der Waals surface area contributed by atoms with E-state index in [4.69, 9.17) is 9.94 Å². The molecule has 0 saturated heterocycles. The van der Waals surface area contributed by atoms with Gasteiger partial charge in [-0.1, -0.05) is 6.92 Å². The zero-order valence-corrected chi connectivity index (χ0v) is 12.7. The van der Waals surface area contributed by atoms with Gasteiger partial charge in [0, 0.05) is 6.42 Å². The highest BCUT2D eigenvalue weighted by Crippen LogP contribution is 2.28. The van der Waals surface area contributed by atoms with Gasteiger partial charge in [-0.05, 0) is 40.0 Å². The molecule has 0 radical (unpaired) electrons. The molecule has 0 bridgehead atoms. The fraction of sp³-hybridized carbons (Fsp3) is 0.923. The molecule has 0 amide bonds. The molecule has 20 heavy (non-hydrogen) atoms. The average molecular weight is 287 g/mol. The lowest BCUT2D eigenvalue weighted by Gasteiger charge is -2.30. The molecule has 0 aliphatic heterocycles. The van der Waals surface area contributed by atoms with Crippen molar-refractivity contribution in [1.82, 2.24) is 5.01 Å². The zero-order chi connectivity index (χ0) is 15.3. The molecule has 1 fully saturated rings. The van der Waals surface area contributed by atoms with Crippen LogP contribution in [0.3, 0.4) is 0 Å².